The molecule has 4 aliphatic heterocycles. The fourth-order valence-corrected chi connectivity index (χ4v) is 16.8. The number of ketones is 1. The fourth-order valence-electron chi connectivity index (χ4n) is 16.8. The predicted octanol–water partition coefficient (Wildman–Crippen LogP) is 4.07. The highest BCUT2D eigenvalue weighted by Gasteiger charge is 2.55. The third-order valence-corrected chi connectivity index (χ3v) is 23.6. The van der Waals surface area contributed by atoms with Crippen molar-refractivity contribution in [1.82, 2.24) is 52.8 Å². The van der Waals surface area contributed by atoms with Crippen LogP contribution in [-0.4, -0.2) is 307 Å². The van der Waals surface area contributed by atoms with Gasteiger partial charge in [0.2, 0.25) is 59.1 Å². The Morgan fingerprint density at radius 3 is 0.865 bits per heavy atom. The molecule has 0 aliphatic carbocycles. The van der Waals surface area contributed by atoms with Crippen LogP contribution in [0.1, 0.15) is 290 Å². The van der Waals surface area contributed by atoms with E-state index in [1.807, 2.05) is 18.7 Å². The van der Waals surface area contributed by atoms with Crippen molar-refractivity contribution in [1.29, 1.82) is 0 Å². The summed E-state index contributed by atoms with van der Waals surface area (Å²) in [5, 5.41) is 26.1. The molecule has 0 aromatic carbocycles. The number of hydrogen-bond acceptors (Lipinski definition) is 35. The first-order valence-corrected chi connectivity index (χ1v) is 49.4. The number of nitrogens with one attached hydrogen (secondary N) is 9. The molecule has 15 unspecified atom stereocenters. The van der Waals surface area contributed by atoms with Crippen LogP contribution < -0.4 is 47.9 Å². The molecule has 800 valence electrons. The molecular weight excluding hydrogens is 1850 g/mol. The molecule has 4 rings (SSSR count). The minimum absolute atomic E-state index is 0.00820. The predicted molar refractivity (Wildman–Crippen MR) is 499 cm³/mol. The number of hydrogen-bond donors (Lipinski definition) is 9. The molecule has 0 saturated carbocycles. The first kappa shape index (κ1) is 123. The second kappa shape index (κ2) is 67.8. The van der Waals surface area contributed by atoms with Crippen molar-refractivity contribution in [3.8, 4) is 0 Å². The smallest absolute Gasteiger partial charge is 0.303 e. The molecule has 0 aromatic heterocycles. The topological polar surface area (TPSA) is 591 Å². The Balaban J connectivity index is 1.40. The molecule has 4 fully saturated rings. The van der Waals surface area contributed by atoms with Gasteiger partial charge in [0.1, 0.15) is 62.0 Å². The van der Waals surface area contributed by atoms with Gasteiger partial charge in [0.15, 0.2) is 55.5 Å². The highest BCUT2D eigenvalue weighted by Crippen LogP contribution is 2.38. The number of ether oxygens (including phenoxy) is 15. The van der Waals surface area contributed by atoms with Gasteiger partial charge >= 0.3 is 53.7 Å². The van der Waals surface area contributed by atoms with E-state index in [-0.39, 0.29) is 137 Å². The van der Waals surface area contributed by atoms with E-state index in [0.29, 0.717) is 187 Å². The molecular formula is C96H156N10O35. The van der Waals surface area contributed by atoms with Gasteiger partial charge in [-0.1, -0.05) is 33.1 Å². The van der Waals surface area contributed by atoms with Crippen molar-refractivity contribution in [2.45, 2.75) is 381 Å². The first-order valence-electron chi connectivity index (χ1n) is 49.4. The molecule has 0 aromatic rings. The molecule has 45 heteroatoms. The van der Waals surface area contributed by atoms with E-state index in [9.17, 15) is 95.9 Å². The lowest BCUT2D eigenvalue weighted by Gasteiger charge is -2.44. The minimum atomic E-state index is -1.30. The van der Waals surface area contributed by atoms with Gasteiger partial charge in [0, 0.05) is 218 Å². The van der Waals surface area contributed by atoms with Crippen molar-refractivity contribution in [3.05, 3.63) is 0 Å². The highest BCUT2D eigenvalue weighted by atomic mass is 16.7. The number of rotatable bonds is 67. The quantitative estimate of drug-likeness (QED) is 0.0235. The third kappa shape index (κ3) is 51.8. The van der Waals surface area contributed by atoms with Gasteiger partial charge in [-0.15, -0.1) is 0 Å². The van der Waals surface area contributed by atoms with Crippen LogP contribution in [0.4, 0.5) is 0 Å². The summed E-state index contributed by atoms with van der Waals surface area (Å²) in [6.45, 7) is 19.0. The number of likely N-dealkylation sites (tertiary alicyclic amines) is 1. The Bertz CT molecular complexity index is 3870. The van der Waals surface area contributed by atoms with Gasteiger partial charge in [0.25, 0.3) is 0 Å². The lowest BCUT2D eigenvalue weighted by molar-refractivity contribution is -0.277. The molecule has 4 heterocycles. The number of unbranched alkanes of at least 4 members (excludes halogenated alkanes) is 10. The lowest BCUT2D eigenvalue weighted by atomic mass is 9.72. The molecule has 0 radical (unpaired) electrons. The molecule has 4 saturated heterocycles. The lowest BCUT2D eigenvalue weighted by Crippen LogP contribution is -2.66. The molecule has 4 aliphatic rings. The Labute approximate surface area is 825 Å². The fraction of sp³-hybridized carbons (Fsp3) is 0.792. The maximum Gasteiger partial charge on any atom is 0.303 e. The minimum Gasteiger partial charge on any atom is -0.463 e. The van der Waals surface area contributed by atoms with Crippen molar-refractivity contribution in [2.75, 3.05) is 92.0 Å². The van der Waals surface area contributed by atoms with E-state index in [4.69, 9.17) is 71.1 Å². The van der Waals surface area contributed by atoms with E-state index in [1.54, 1.807) is 0 Å². The summed E-state index contributed by atoms with van der Waals surface area (Å²) >= 11 is 0. The normalized spacial score (nSPS) is 22.0. The Hall–Kier alpha value is -10.6. The number of piperidine rings is 1. The molecule has 9 N–H and O–H groups in total. The van der Waals surface area contributed by atoms with Gasteiger partial charge in [0.05, 0.1) is 0 Å². The van der Waals surface area contributed by atoms with Crippen LogP contribution in [0.3, 0.4) is 0 Å². The molecule has 45 nitrogen and oxygen atoms in total. The highest BCUT2D eigenvalue weighted by molar-refractivity contribution is 5.82. The van der Waals surface area contributed by atoms with Gasteiger partial charge in [-0.2, -0.15) is 0 Å². The first-order chi connectivity index (χ1) is 66.9. The third-order valence-electron chi connectivity index (χ3n) is 23.6. The van der Waals surface area contributed by atoms with Gasteiger partial charge in [-0.05, 0) is 128 Å². The van der Waals surface area contributed by atoms with Crippen LogP contribution in [0.2, 0.25) is 0 Å². The van der Waals surface area contributed by atoms with Crippen molar-refractivity contribution in [2.24, 2.45) is 17.3 Å². The largest absolute Gasteiger partial charge is 0.463 e. The molecule has 0 spiro atoms. The number of carbonyl (C=O) groups excluding carboxylic acids is 20. The van der Waals surface area contributed by atoms with Crippen molar-refractivity contribution < 1.29 is 167 Å². The molecule has 15 atom stereocenters. The monoisotopic (exact) mass is 2010 g/mol. The Morgan fingerprint density at radius 1 is 0.312 bits per heavy atom. The summed E-state index contributed by atoms with van der Waals surface area (Å²) in [7, 11) is 0. The van der Waals surface area contributed by atoms with Crippen LogP contribution in [0.25, 0.3) is 0 Å². The van der Waals surface area contributed by atoms with E-state index < -0.39 is 189 Å². The summed E-state index contributed by atoms with van der Waals surface area (Å²) in [6.07, 6.45) is -2.45. The SMILES string of the molecule is CC(=O)NC1C(OCCCCC(=O)NCCCCCC(=O)NCCCC(CNC(=O)CCCCCNC(=O)CCCCOC2OC(COC(C)=O)C(OC(C)=O)C(OC(C)=O)C2NC(C)=O)(CNC(=O)CCCCCNC(=O)CCCCOC2OC(COC(C)=O)C(OC(C)=O)C(OC(C)=O)C2NC(C)=O)CC2CCN(C(=O)CCCCC(=O)C(C)C)CC2)OC(COC(C)=O)C(OC(C)=O)C1OC(C)=O. The Morgan fingerprint density at radius 2 is 0.582 bits per heavy atom. The summed E-state index contributed by atoms with van der Waals surface area (Å²) in [5.41, 5.74) is -0.755. The van der Waals surface area contributed by atoms with Crippen LogP contribution >= 0.6 is 0 Å². The van der Waals surface area contributed by atoms with Crippen LogP contribution in [-0.2, 0) is 167 Å². The standard InChI is InChI=1S/C96H156N10O35/c1-59(2)73(119)33-21-22-40-83(126)106-48-41-72(42-49-106)53-96(57-101-81(124)35-19-16-27-45-98-79(122)38-24-30-51-128-94-85(104-61(4)108)91(137-70(13)117)88(134-67(10)114)75(140-94)55-131-64(7)111,58-102-82(125)36-20-17-28-46-99-80(123)39-25-31-52-129-95-86(105-62(5)109)92(138-71(14)118)89(135-68(11)115)76(141-95)56-132-65(8)112)43-32-47-100-77(120)34-18-15-26-44-97-78(121)37-23-29-50-127-93-84(103-60(3)107)90(136-69(12)116)87(133-66(9)113)74(139-93)54-130-63(6)110/h59,72,74-76,84-95H,15-58H2,1-14H3,(H,97,121)(H,98,122)(H,99,123)(H,100,120)(H,101,124)(H,102,125)(H,103,107)(H,104,108)(H,105,109). The summed E-state index contributed by atoms with van der Waals surface area (Å²) in [6, 6.07) is -3.46. The zero-order valence-electron chi connectivity index (χ0n) is 84.7. The van der Waals surface area contributed by atoms with E-state index >= 15 is 0 Å². The number of carbonyl (C=O) groups is 20. The maximum atomic E-state index is 14.0. The second-order valence-corrected chi connectivity index (χ2v) is 36.5. The molecule has 10 amide bonds. The van der Waals surface area contributed by atoms with Crippen LogP contribution in [0, 0.1) is 17.3 Å². The van der Waals surface area contributed by atoms with Crippen LogP contribution in [0.15, 0.2) is 0 Å². The van der Waals surface area contributed by atoms with E-state index in [2.05, 4.69) is 47.9 Å². The van der Waals surface area contributed by atoms with Gasteiger partial charge < -0.3 is 124 Å². The number of nitrogens with zero attached hydrogens (tertiary/aromatic N) is 1. The summed E-state index contributed by atoms with van der Waals surface area (Å²) in [5.74, 6) is -9.38. The van der Waals surface area contributed by atoms with Crippen molar-refractivity contribution in [3.63, 3.8) is 0 Å². The zero-order valence-corrected chi connectivity index (χ0v) is 84.7. The van der Waals surface area contributed by atoms with Crippen LogP contribution in [0.5, 0.6) is 0 Å². The van der Waals surface area contributed by atoms with Gasteiger partial charge in [-0.3, -0.25) is 95.9 Å². The summed E-state index contributed by atoms with van der Waals surface area (Å²) in [4.78, 5) is 254. The second-order valence-electron chi connectivity index (χ2n) is 36.5. The van der Waals surface area contributed by atoms with E-state index in [1.165, 1.54) is 41.5 Å². The molecule has 141 heavy (non-hydrogen) atoms. The number of Topliss-reactive ketones (excluding diaryl/α,β-unsaturated/α-hetero) is 1. The Kier molecular flexibility index (Phi) is 58.9. The van der Waals surface area contributed by atoms with Gasteiger partial charge in [-0.25, -0.2) is 0 Å². The average molecular weight is 2010 g/mol. The maximum absolute atomic E-state index is 14.0. The average Bonchev–Trinajstić information content (AvgIpc) is 0.792. The number of amides is 10. The van der Waals surface area contributed by atoms with E-state index in [0.717, 1.165) is 41.5 Å². The number of esters is 9. The summed E-state index contributed by atoms with van der Waals surface area (Å²) < 4.78 is 84.7. The molecule has 0 bridgehead atoms. The zero-order chi connectivity index (χ0) is 105. The van der Waals surface area contributed by atoms with Crippen molar-refractivity contribution >= 4 is 119 Å².